The second-order valence-electron chi connectivity index (χ2n) is 5.60. The molecule has 7 heteroatoms. The molecule has 1 aliphatic rings. The average molecular weight is 353 g/mol. The molecule has 0 saturated carbocycles. The monoisotopic (exact) mass is 353 g/mol. The second kappa shape index (κ2) is 7.18. The highest BCUT2D eigenvalue weighted by atomic mass is 16.7. The first-order chi connectivity index (χ1) is 12.5. The van der Waals surface area contributed by atoms with Gasteiger partial charge in [0.15, 0.2) is 0 Å². The van der Waals surface area contributed by atoms with Crippen molar-refractivity contribution in [2.45, 2.75) is 12.8 Å². The smallest absolute Gasteiger partial charge is 0.363 e. The molecule has 0 fully saturated rings. The van der Waals surface area contributed by atoms with E-state index in [1.807, 2.05) is 0 Å². The number of benzene rings is 2. The molecule has 26 heavy (non-hydrogen) atoms. The van der Waals surface area contributed by atoms with Crippen LogP contribution >= 0.6 is 0 Å². The number of amides is 2. The highest BCUT2D eigenvalue weighted by molar-refractivity contribution is 6.21. The molecule has 0 atom stereocenters. The SMILES string of the molecule is COC(=O)CCc1ccc(C(=O)ON2C(=O)c3ccccc3C2=O)cc1. The van der Waals surface area contributed by atoms with Crippen LogP contribution in [0.4, 0.5) is 0 Å². The normalized spacial score (nSPS) is 12.7. The first-order valence-electron chi connectivity index (χ1n) is 7.87. The molecule has 3 rings (SSSR count). The van der Waals surface area contributed by atoms with Gasteiger partial charge in [-0.3, -0.25) is 14.4 Å². The Hall–Kier alpha value is -3.48. The maximum atomic E-state index is 12.2. The number of hydroxylamine groups is 2. The number of carbonyl (C=O) groups is 4. The molecule has 2 aromatic rings. The van der Waals surface area contributed by atoms with Crippen LogP contribution in [-0.2, 0) is 20.8 Å². The van der Waals surface area contributed by atoms with Gasteiger partial charge in [-0.2, -0.15) is 0 Å². The quantitative estimate of drug-likeness (QED) is 0.604. The minimum atomic E-state index is -0.820. The van der Waals surface area contributed by atoms with Gasteiger partial charge in [-0.25, -0.2) is 4.79 Å². The summed E-state index contributed by atoms with van der Waals surface area (Å²) in [5, 5.41) is 0.470. The minimum absolute atomic E-state index is 0.184. The fraction of sp³-hybridized carbons (Fsp3) is 0.158. The molecule has 0 bridgehead atoms. The van der Waals surface area contributed by atoms with Crippen LogP contribution in [0.5, 0.6) is 0 Å². The predicted molar refractivity (Wildman–Crippen MR) is 89.1 cm³/mol. The fourth-order valence-electron chi connectivity index (χ4n) is 2.54. The van der Waals surface area contributed by atoms with Crippen molar-refractivity contribution in [2.75, 3.05) is 7.11 Å². The molecule has 2 amide bonds. The zero-order valence-electron chi connectivity index (χ0n) is 13.9. The highest BCUT2D eigenvalue weighted by Crippen LogP contribution is 2.23. The molecule has 7 nitrogen and oxygen atoms in total. The van der Waals surface area contributed by atoms with Crippen molar-refractivity contribution in [2.24, 2.45) is 0 Å². The molecule has 0 aliphatic carbocycles. The Morgan fingerprint density at radius 3 is 2.04 bits per heavy atom. The van der Waals surface area contributed by atoms with Crippen LogP contribution in [0.1, 0.15) is 43.1 Å². The number of imide groups is 1. The van der Waals surface area contributed by atoms with E-state index in [4.69, 9.17) is 4.84 Å². The molecular weight excluding hydrogens is 338 g/mol. The van der Waals surface area contributed by atoms with E-state index >= 15 is 0 Å². The van der Waals surface area contributed by atoms with Gasteiger partial charge in [0, 0.05) is 6.42 Å². The van der Waals surface area contributed by atoms with Crippen LogP contribution in [0.2, 0.25) is 0 Å². The van der Waals surface area contributed by atoms with Gasteiger partial charge in [-0.15, -0.1) is 0 Å². The molecule has 0 radical (unpaired) electrons. The van der Waals surface area contributed by atoms with Crippen LogP contribution in [0, 0.1) is 0 Å². The summed E-state index contributed by atoms with van der Waals surface area (Å²) in [6.45, 7) is 0. The Labute approximate surface area is 149 Å². The Morgan fingerprint density at radius 1 is 0.923 bits per heavy atom. The van der Waals surface area contributed by atoms with Crippen LogP contribution in [0.3, 0.4) is 0 Å². The molecule has 0 spiro atoms. The topological polar surface area (TPSA) is 90.0 Å². The van der Waals surface area contributed by atoms with Crippen molar-refractivity contribution < 1.29 is 28.8 Å². The summed E-state index contributed by atoms with van der Waals surface area (Å²) in [6, 6.07) is 12.6. The van der Waals surface area contributed by atoms with E-state index in [0.29, 0.717) is 11.5 Å². The second-order valence-corrected chi connectivity index (χ2v) is 5.60. The lowest BCUT2D eigenvalue weighted by atomic mass is 10.1. The first-order valence-corrected chi connectivity index (χ1v) is 7.87. The number of ether oxygens (including phenoxy) is 1. The van der Waals surface area contributed by atoms with Gasteiger partial charge in [0.2, 0.25) is 0 Å². The molecule has 0 saturated heterocycles. The predicted octanol–water partition coefficient (Wildman–Crippen LogP) is 2.16. The van der Waals surface area contributed by atoms with E-state index in [9.17, 15) is 19.2 Å². The van der Waals surface area contributed by atoms with Gasteiger partial charge >= 0.3 is 11.9 Å². The number of esters is 1. The lowest BCUT2D eigenvalue weighted by Gasteiger charge is -2.12. The van der Waals surface area contributed by atoms with Crippen LogP contribution in [0.15, 0.2) is 48.5 Å². The van der Waals surface area contributed by atoms with E-state index in [1.54, 1.807) is 24.3 Å². The summed E-state index contributed by atoms with van der Waals surface area (Å²) in [5.41, 5.74) is 1.42. The van der Waals surface area contributed by atoms with Gasteiger partial charge in [0.1, 0.15) is 0 Å². The Kier molecular flexibility index (Phi) is 4.79. The lowest BCUT2D eigenvalue weighted by Crippen LogP contribution is -2.32. The Bertz CT molecular complexity index is 852. The molecular formula is C19H15NO6. The standard InChI is InChI=1S/C19H15NO6/c1-25-16(21)11-8-12-6-9-13(10-7-12)19(24)26-20-17(22)14-4-2-3-5-15(14)18(20)23/h2-7,9-10H,8,11H2,1H3. The van der Waals surface area contributed by atoms with Crippen LogP contribution in [-0.4, -0.2) is 35.9 Å². The van der Waals surface area contributed by atoms with Gasteiger partial charge in [-0.05, 0) is 36.2 Å². The van der Waals surface area contributed by atoms with Gasteiger partial charge in [-0.1, -0.05) is 29.3 Å². The van der Waals surface area contributed by atoms with E-state index < -0.39 is 17.8 Å². The van der Waals surface area contributed by atoms with Crippen molar-refractivity contribution in [3.63, 3.8) is 0 Å². The zero-order chi connectivity index (χ0) is 18.7. The maximum absolute atomic E-state index is 12.2. The molecule has 0 unspecified atom stereocenters. The molecule has 0 N–H and O–H groups in total. The third-order valence-electron chi connectivity index (χ3n) is 3.97. The third kappa shape index (κ3) is 3.32. The van der Waals surface area contributed by atoms with E-state index in [1.165, 1.54) is 31.4 Å². The van der Waals surface area contributed by atoms with E-state index in [-0.39, 0.29) is 29.1 Å². The number of nitrogens with zero attached hydrogens (tertiary/aromatic N) is 1. The molecule has 2 aromatic carbocycles. The van der Waals surface area contributed by atoms with Gasteiger partial charge < -0.3 is 9.57 Å². The Balaban J connectivity index is 1.66. The van der Waals surface area contributed by atoms with E-state index in [2.05, 4.69) is 4.74 Å². The average Bonchev–Trinajstić information content (AvgIpc) is 2.91. The van der Waals surface area contributed by atoms with Crippen LogP contribution < -0.4 is 0 Å². The van der Waals surface area contributed by atoms with Crippen molar-refractivity contribution in [1.82, 2.24) is 5.06 Å². The molecule has 1 heterocycles. The van der Waals surface area contributed by atoms with Crippen molar-refractivity contribution in [3.05, 3.63) is 70.8 Å². The summed E-state index contributed by atoms with van der Waals surface area (Å²) >= 11 is 0. The summed E-state index contributed by atoms with van der Waals surface area (Å²) < 4.78 is 4.57. The lowest BCUT2D eigenvalue weighted by molar-refractivity contribution is -0.140. The number of carbonyl (C=O) groups excluding carboxylic acids is 4. The van der Waals surface area contributed by atoms with Crippen molar-refractivity contribution >= 4 is 23.8 Å². The molecule has 1 aliphatic heterocycles. The number of rotatable bonds is 5. The highest BCUT2D eigenvalue weighted by Gasteiger charge is 2.38. The fourth-order valence-corrected chi connectivity index (χ4v) is 2.54. The van der Waals surface area contributed by atoms with Gasteiger partial charge in [0.25, 0.3) is 11.8 Å². The van der Waals surface area contributed by atoms with Crippen molar-refractivity contribution in [1.29, 1.82) is 0 Å². The molecule has 132 valence electrons. The first kappa shape index (κ1) is 17.3. The number of fused-ring (bicyclic) bond motifs is 1. The summed E-state index contributed by atoms with van der Waals surface area (Å²) in [7, 11) is 1.32. The number of methoxy groups -OCH3 is 1. The molecule has 0 aromatic heterocycles. The summed E-state index contributed by atoms with van der Waals surface area (Å²) in [5.74, 6) is -2.49. The maximum Gasteiger partial charge on any atom is 0.363 e. The Morgan fingerprint density at radius 2 is 1.50 bits per heavy atom. The summed E-state index contributed by atoms with van der Waals surface area (Å²) in [4.78, 5) is 52.7. The van der Waals surface area contributed by atoms with E-state index in [0.717, 1.165) is 5.56 Å². The largest absolute Gasteiger partial charge is 0.469 e. The van der Waals surface area contributed by atoms with Gasteiger partial charge in [0.05, 0.1) is 23.8 Å². The number of aryl methyl sites for hydroxylation is 1. The van der Waals surface area contributed by atoms with Crippen molar-refractivity contribution in [3.8, 4) is 0 Å². The number of hydrogen-bond acceptors (Lipinski definition) is 6. The third-order valence-corrected chi connectivity index (χ3v) is 3.97. The summed E-state index contributed by atoms with van der Waals surface area (Å²) in [6.07, 6.45) is 0.704. The van der Waals surface area contributed by atoms with Crippen LogP contribution in [0.25, 0.3) is 0 Å². The minimum Gasteiger partial charge on any atom is -0.469 e. The zero-order valence-corrected chi connectivity index (χ0v) is 13.9. The number of hydrogen-bond donors (Lipinski definition) is 0.